The van der Waals surface area contributed by atoms with Crippen molar-refractivity contribution >= 4 is 17.9 Å². The number of ether oxygens (including phenoxy) is 4. The highest BCUT2D eigenvalue weighted by molar-refractivity contribution is 5.73. The van der Waals surface area contributed by atoms with Crippen LogP contribution in [0.4, 0.5) is 0 Å². The summed E-state index contributed by atoms with van der Waals surface area (Å²) in [5, 5.41) is 39.6. The quantitative estimate of drug-likeness (QED) is 0.0318. The minimum absolute atomic E-state index is 0.164. The number of carboxylic acid groups (broad SMARTS) is 1. The molecule has 1 heterocycles. The zero-order valence-corrected chi connectivity index (χ0v) is 31.8. The van der Waals surface area contributed by atoms with Gasteiger partial charge in [0.1, 0.15) is 24.9 Å². The van der Waals surface area contributed by atoms with Crippen molar-refractivity contribution in [2.75, 3.05) is 13.2 Å². The van der Waals surface area contributed by atoms with Gasteiger partial charge in [-0.25, -0.2) is 4.79 Å². The van der Waals surface area contributed by atoms with Crippen LogP contribution in [-0.4, -0.2) is 88.4 Å². The van der Waals surface area contributed by atoms with Gasteiger partial charge in [-0.2, -0.15) is 0 Å². The van der Waals surface area contributed by atoms with Crippen LogP contribution < -0.4 is 0 Å². The van der Waals surface area contributed by atoms with E-state index in [0.717, 1.165) is 77.0 Å². The predicted molar refractivity (Wildman–Crippen MR) is 201 cm³/mol. The van der Waals surface area contributed by atoms with Crippen molar-refractivity contribution in [2.45, 2.75) is 179 Å². The summed E-state index contributed by atoms with van der Waals surface area (Å²) in [5.74, 6) is -2.50. The average molecular weight is 737 g/mol. The lowest BCUT2D eigenvalue weighted by atomic mass is 9.99. The normalized spacial score (nSPS) is 21.4. The Balaban J connectivity index is 2.47. The summed E-state index contributed by atoms with van der Waals surface area (Å²) in [5.41, 5.74) is 0. The maximum atomic E-state index is 12.7. The van der Waals surface area contributed by atoms with Gasteiger partial charge in [0.05, 0.1) is 6.61 Å². The molecule has 0 radical (unpaired) electrons. The number of carbonyl (C=O) groups excluding carboxylic acids is 2. The first-order chi connectivity index (χ1) is 25.2. The Morgan fingerprint density at radius 2 is 1.13 bits per heavy atom. The fourth-order valence-corrected chi connectivity index (χ4v) is 5.53. The van der Waals surface area contributed by atoms with Gasteiger partial charge in [-0.05, 0) is 70.6 Å². The molecule has 6 unspecified atom stereocenters. The number of hydrogen-bond donors (Lipinski definition) is 4. The second kappa shape index (κ2) is 31.7. The predicted octanol–water partition coefficient (Wildman–Crippen LogP) is 7.42. The molecule has 0 aliphatic carbocycles. The average Bonchev–Trinajstić information content (AvgIpc) is 3.12. The van der Waals surface area contributed by atoms with Gasteiger partial charge in [0.2, 0.25) is 0 Å². The number of hydrogen-bond acceptors (Lipinski definition) is 10. The van der Waals surface area contributed by atoms with E-state index in [2.05, 4.69) is 62.5 Å². The molecule has 0 saturated carbocycles. The first-order valence-electron chi connectivity index (χ1n) is 19.7. The molecule has 1 fully saturated rings. The highest BCUT2D eigenvalue weighted by Crippen LogP contribution is 2.23. The molecule has 1 rings (SSSR count). The van der Waals surface area contributed by atoms with Crippen molar-refractivity contribution in [3.05, 3.63) is 48.6 Å². The van der Waals surface area contributed by atoms with Crippen LogP contribution in [-0.2, 0) is 33.3 Å². The van der Waals surface area contributed by atoms with Crippen molar-refractivity contribution in [1.82, 2.24) is 0 Å². The second-order valence-electron chi connectivity index (χ2n) is 13.4. The van der Waals surface area contributed by atoms with Gasteiger partial charge in [-0.3, -0.25) is 9.59 Å². The number of aliphatic hydroxyl groups is 3. The number of unbranched alkanes of at least 4 members (excludes halogenated alkanes) is 12. The third-order valence-corrected chi connectivity index (χ3v) is 8.66. The zero-order chi connectivity index (χ0) is 38.2. The summed E-state index contributed by atoms with van der Waals surface area (Å²) >= 11 is 0. The van der Waals surface area contributed by atoms with Gasteiger partial charge in [-0.1, -0.05) is 107 Å². The van der Waals surface area contributed by atoms with E-state index in [1.807, 2.05) is 0 Å². The summed E-state index contributed by atoms with van der Waals surface area (Å²) < 4.78 is 21.6. The van der Waals surface area contributed by atoms with Crippen LogP contribution in [0, 0.1) is 0 Å². The monoisotopic (exact) mass is 736 g/mol. The number of aliphatic hydroxyl groups excluding tert-OH is 3. The molecule has 1 aliphatic heterocycles. The first kappa shape index (κ1) is 47.2. The molecule has 298 valence electrons. The molecule has 0 aromatic rings. The molecular formula is C41H68O11. The Hall–Kier alpha value is -2.83. The van der Waals surface area contributed by atoms with E-state index in [0.29, 0.717) is 12.8 Å². The minimum atomic E-state index is -1.87. The number of allylic oxidation sites excluding steroid dienone is 8. The lowest BCUT2D eigenvalue weighted by Gasteiger charge is -2.38. The summed E-state index contributed by atoms with van der Waals surface area (Å²) in [6, 6.07) is 0. The molecule has 52 heavy (non-hydrogen) atoms. The van der Waals surface area contributed by atoms with Crippen LogP contribution in [0.25, 0.3) is 0 Å². The molecule has 11 nitrogen and oxygen atoms in total. The number of aliphatic carboxylic acids is 1. The summed E-state index contributed by atoms with van der Waals surface area (Å²) in [6.07, 6.45) is 26.0. The molecular weight excluding hydrogens is 668 g/mol. The van der Waals surface area contributed by atoms with Gasteiger partial charge < -0.3 is 39.4 Å². The van der Waals surface area contributed by atoms with Crippen molar-refractivity contribution in [1.29, 1.82) is 0 Å². The van der Waals surface area contributed by atoms with Gasteiger partial charge >= 0.3 is 17.9 Å². The van der Waals surface area contributed by atoms with E-state index in [1.165, 1.54) is 25.7 Å². The van der Waals surface area contributed by atoms with Gasteiger partial charge in [0, 0.05) is 12.8 Å². The molecule has 6 atom stereocenters. The van der Waals surface area contributed by atoms with Gasteiger partial charge in [-0.15, -0.1) is 0 Å². The van der Waals surface area contributed by atoms with Crippen LogP contribution in [0.2, 0.25) is 0 Å². The number of rotatable bonds is 31. The molecule has 0 aromatic carbocycles. The minimum Gasteiger partial charge on any atom is -0.479 e. The highest BCUT2D eigenvalue weighted by atomic mass is 16.7. The third-order valence-electron chi connectivity index (χ3n) is 8.66. The summed E-state index contributed by atoms with van der Waals surface area (Å²) in [7, 11) is 0. The van der Waals surface area contributed by atoms with Gasteiger partial charge in [0.15, 0.2) is 18.5 Å². The summed E-state index contributed by atoms with van der Waals surface area (Å²) in [4.78, 5) is 36.6. The number of carboxylic acids is 1. The Morgan fingerprint density at radius 1 is 0.615 bits per heavy atom. The van der Waals surface area contributed by atoms with Gasteiger partial charge in [0.25, 0.3) is 0 Å². The van der Waals surface area contributed by atoms with Crippen LogP contribution in [0.15, 0.2) is 48.6 Å². The lowest BCUT2D eigenvalue weighted by Crippen LogP contribution is -2.60. The maximum Gasteiger partial charge on any atom is 0.335 e. The Bertz CT molecular complexity index is 1050. The molecule has 0 aromatic heterocycles. The number of carbonyl (C=O) groups is 3. The first-order valence-corrected chi connectivity index (χ1v) is 19.7. The van der Waals surface area contributed by atoms with Crippen molar-refractivity contribution in [3.8, 4) is 0 Å². The third kappa shape index (κ3) is 23.7. The zero-order valence-electron chi connectivity index (χ0n) is 31.8. The van der Waals surface area contributed by atoms with Crippen LogP contribution in [0.1, 0.15) is 142 Å². The van der Waals surface area contributed by atoms with E-state index in [4.69, 9.17) is 18.9 Å². The lowest BCUT2D eigenvalue weighted by molar-refractivity contribution is -0.298. The highest BCUT2D eigenvalue weighted by Gasteiger charge is 2.47. The molecule has 11 heteroatoms. The smallest absolute Gasteiger partial charge is 0.335 e. The maximum absolute atomic E-state index is 12.7. The number of esters is 2. The fraction of sp³-hybridized carbons (Fsp3) is 0.732. The SMILES string of the molecule is CC/C=C\C/C=C\C/C=C\CCCCCC(=O)OCC(COC1OC(C(=O)O)C(O)C(O)C1O)OC(=O)CCCCCCC/C=C\CCCCCC. The van der Waals surface area contributed by atoms with Crippen LogP contribution in [0.3, 0.4) is 0 Å². The molecule has 4 N–H and O–H groups in total. The van der Waals surface area contributed by atoms with E-state index in [1.54, 1.807) is 0 Å². The van der Waals surface area contributed by atoms with E-state index < -0.39 is 61.3 Å². The topological polar surface area (TPSA) is 169 Å². The molecule has 1 aliphatic rings. The summed E-state index contributed by atoms with van der Waals surface area (Å²) in [6.45, 7) is 3.62. The van der Waals surface area contributed by atoms with Crippen molar-refractivity contribution in [2.24, 2.45) is 0 Å². The van der Waals surface area contributed by atoms with Crippen LogP contribution in [0.5, 0.6) is 0 Å². The Morgan fingerprint density at radius 3 is 1.75 bits per heavy atom. The van der Waals surface area contributed by atoms with Crippen molar-refractivity contribution in [3.63, 3.8) is 0 Å². The second-order valence-corrected chi connectivity index (χ2v) is 13.4. The molecule has 1 saturated heterocycles. The molecule has 0 amide bonds. The molecule has 0 bridgehead atoms. The fourth-order valence-electron chi connectivity index (χ4n) is 5.53. The van der Waals surface area contributed by atoms with E-state index >= 15 is 0 Å². The molecule has 0 spiro atoms. The standard InChI is InChI=1S/C41H68O11/c1-3-5-7-9-11-13-15-17-19-21-23-25-27-29-34(42)49-31-33(32-50-41-38(46)36(44)37(45)39(52-41)40(47)48)51-35(43)30-28-26-24-22-20-18-16-14-12-10-8-6-4-2/h5,7,11,13-14,16-17,19,33,36-39,41,44-46H,3-4,6,8-10,12,15,18,20-32H2,1-2H3,(H,47,48)/b7-5-,13-11-,16-14-,19-17-. The van der Waals surface area contributed by atoms with Crippen LogP contribution >= 0.6 is 0 Å². The largest absolute Gasteiger partial charge is 0.479 e. The van der Waals surface area contributed by atoms with E-state index in [-0.39, 0.29) is 19.4 Å². The Kier molecular flexibility index (Phi) is 28.7. The van der Waals surface area contributed by atoms with E-state index in [9.17, 15) is 34.8 Å². The van der Waals surface area contributed by atoms with Crippen molar-refractivity contribution < 1.29 is 53.8 Å². The Labute approximate surface area is 312 Å².